The van der Waals surface area contributed by atoms with Crippen molar-refractivity contribution in [2.75, 3.05) is 11.1 Å². The average molecular weight is 235 g/mol. The molecule has 0 saturated carbocycles. The van der Waals surface area contributed by atoms with Crippen molar-refractivity contribution in [3.8, 4) is 0 Å². The Morgan fingerprint density at radius 2 is 1.94 bits per heavy atom. The number of nitrogen functional groups attached to an aromatic ring is 1. The Kier molecular flexibility index (Phi) is 3.66. The highest BCUT2D eigenvalue weighted by Gasteiger charge is 2.20. The second-order valence-corrected chi connectivity index (χ2v) is 5.40. The van der Waals surface area contributed by atoms with Crippen LogP contribution in [-0.2, 0) is 0 Å². The summed E-state index contributed by atoms with van der Waals surface area (Å²) in [6.07, 6.45) is 0. The van der Waals surface area contributed by atoms with E-state index in [0.717, 1.165) is 5.69 Å². The van der Waals surface area contributed by atoms with Gasteiger partial charge in [-0.05, 0) is 30.5 Å². The third kappa shape index (κ3) is 3.37. The molecule has 1 rings (SSSR count). The van der Waals surface area contributed by atoms with E-state index in [-0.39, 0.29) is 11.5 Å². The molecule has 17 heavy (non-hydrogen) atoms. The zero-order valence-electron chi connectivity index (χ0n) is 10.9. The number of anilines is 2. The molecule has 1 aromatic rings. The van der Waals surface area contributed by atoms with Crippen molar-refractivity contribution in [1.29, 1.82) is 0 Å². The number of hydrogen-bond acceptors (Lipinski definition) is 3. The Hall–Kier alpha value is -1.71. The van der Waals surface area contributed by atoms with E-state index in [0.29, 0.717) is 11.3 Å². The lowest BCUT2D eigenvalue weighted by Gasteiger charge is -2.29. The molecule has 5 N–H and O–H groups in total. The smallest absolute Gasteiger partial charge is 0.248 e. The first-order valence-electron chi connectivity index (χ1n) is 5.67. The van der Waals surface area contributed by atoms with E-state index in [4.69, 9.17) is 11.5 Å². The highest BCUT2D eigenvalue weighted by atomic mass is 16.1. The molecule has 94 valence electrons. The van der Waals surface area contributed by atoms with Crippen molar-refractivity contribution < 1.29 is 4.79 Å². The first-order chi connectivity index (χ1) is 7.71. The predicted octanol–water partition coefficient (Wildman–Crippen LogP) is 2.21. The molecular formula is C13H21N3O. The molecule has 1 amide bonds. The lowest BCUT2D eigenvalue weighted by Crippen LogP contribution is -2.31. The molecule has 0 saturated heterocycles. The van der Waals surface area contributed by atoms with Gasteiger partial charge in [-0.25, -0.2) is 0 Å². The maximum absolute atomic E-state index is 11.0. The van der Waals surface area contributed by atoms with Crippen LogP contribution in [-0.4, -0.2) is 11.9 Å². The van der Waals surface area contributed by atoms with Crippen LogP contribution in [0.4, 0.5) is 11.4 Å². The minimum Gasteiger partial charge on any atom is -0.397 e. The molecule has 1 unspecified atom stereocenters. The molecule has 1 aromatic carbocycles. The standard InChI is InChI=1S/C13H21N3O/c1-8(13(2,3)4)16-11-6-5-9(12(15)17)7-10(11)14/h5-8,16H,14H2,1-4H3,(H2,15,17). The average Bonchev–Trinajstić information content (AvgIpc) is 2.19. The van der Waals surface area contributed by atoms with Crippen LogP contribution in [0, 0.1) is 5.41 Å². The van der Waals surface area contributed by atoms with E-state index in [9.17, 15) is 4.79 Å². The van der Waals surface area contributed by atoms with Crippen molar-refractivity contribution in [2.45, 2.75) is 33.7 Å². The second kappa shape index (κ2) is 4.65. The molecule has 0 radical (unpaired) electrons. The van der Waals surface area contributed by atoms with E-state index in [1.165, 1.54) is 0 Å². The summed E-state index contributed by atoms with van der Waals surface area (Å²) in [6.45, 7) is 8.55. The molecule has 0 fully saturated rings. The number of primary amides is 1. The number of hydrogen-bond donors (Lipinski definition) is 3. The number of carbonyl (C=O) groups is 1. The maximum atomic E-state index is 11.0. The summed E-state index contributed by atoms with van der Waals surface area (Å²) >= 11 is 0. The van der Waals surface area contributed by atoms with Gasteiger partial charge in [0.15, 0.2) is 0 Å². The van der Waals surface area contributed by atoms with Crippen molar-refractivity contribution >= 4 is 17.3 Å². The Labute approximate surface area is 102 Å². The van der Waals surface area contributed by atoms with Gasteiger partial charge in [-0.15, -0.1) is 0 Å². The molecule has 0 spiro atoms. The zero-order chi connectivity index (χ0) is 13.2. The highest BCUT2D eigenvalue weighted by Crippen LogP contribution is 2.26. The summed E-state index contributed by atoms with van der Waals surface area (Å²) in [5.41, 5.74) is 13.0. The summed E-state index contributed by atoms with van der Waals surface area (Å²) in [7, 11) is 0. The molecule has 0 heterocycles. The van der Waals surface area contributed by atoms with E-state index in [1.54, 1.807) is 18.2 Å². The van der Waals surface area contributed by atoms with Crippen LogP contribution in [0.2, 0.25) is 0 Å². The lowest BCUT2D eigenvalue weighted by molar-refractivity contribution is 0.100. The van der Waals surface area contributed by atoms with E-state index < -0.39 is 5.91 Å². The molecule has 1 atom stereocenters. The van der Waals surface area contributed by atoms with Gasteiger partial charge in [-0.1, -0.05) is 20.8 Å². The van der Waals surface area contributed by atoms with Gasteiger partial charge in [0.25, 0.3) is 0 Å². The number of benzene rings is 1. The van der Waals surface area contributed by atoms with Gasteiger partial charge in [0.1, 0.15) is 0 Å². The maximum Gasteiger partial charge on any atom is 0.248 e. The Morgan fingerprint density at radius 3 is 2.35 bits per heavy atom. The SMILES string of the molecule is CC(Nc1ccc(C(N)=O)cc1N)C(C)(C)C. The first-order valence-corrected chi connectivity index (χ1v) is 5.67. The molecular weight excluding hydrogens is 214 g/mol. The van der Waals surface area contributed by atoms with Gasteiger partial charge in [0.2, 0.25) is 5.91 Å². The Balaban J connectivity index is 2.90. The number of carbonyl (C=O) groups excluding carboxylic acids is 1. The second-order valence-electron chi connectivity index (χ2n) is 5.40. The van der Waals surface area contributed by atoms with Crippen LogP contribution >= 0.6 is 0 Å². The van der Waals surface area contributed by atoms with Crippen LogP contribution in [0.25, 0.3) is 0 Å². The van der Waals surface area contributed by atoms with Crippen LogP contribution in [0.1, 0.15) is 38.1 Å². The van der Waals surface area contributed by atoms with Crippen molar-refractivity contribution in [2.24, 2.45) is 11.1 Å². The summed E-state index contributed by atoms with van der Waals surface area (Å²) < 4.78 is 0. The molecule has 4 heteroatoms. The van der Waals surface area contributed by atoms with Crippen LogP contribution in [0.3, 0.4) is 0 Å². The van der Waals surface area contributed by atoms with Gasteiger partial charge in [0.05, 0.1) is 11.4 Å². The molecule has 0 aromatic heterocycles. The van der Waals surface area contributed by atoms with Crippen LogP contribution in [0.5, 0.6) is 0 Å². The number of nitrogens with one attached hydrogen (secondary N) is 1. The Morgan fingerprint density at radius 1 is 1.35 bits per heavy atom. The molecule has 0 bridgehead atoms. The highest BCUT2D eigenvalue weighted by molar-refractivity contribution is 5.94. The predicted molar refractivity (Wildman–Crippen MR) is 71.9 cm³/mol. The van der Waals surface area contributed by atoms with Gasteiger partial charge in [0, 0.05) is 11.6 Å². The minimum atomic E-state index is -0.466. The number of rotatable bonds is 3. The third-order valence-corrected chi connectivity index (χ3v) is 3.01. The van der Waals surface area contributed by atoms with Crippen LogP contribution < -0.4 is 16.8 Å². The van der Waals surface area contributed by atoms with E-state index in [1.807, 2.05) is 0 Å². The molecule has 0 aliphatic rings. The zero-order valence-corrected chi connectivity index (χ0v) is 10.9. The van der Waals surface area contributed by atoms with Crippen molar-refractivity contribution in [3.05, 3.63) is 23.8 Å². The lowest BCUT2D eigenvalue weighted by atomic mass is 9.88. The third-order valence-electron chi connectivity index (χ3n) is 3.01. The van der Waals surface area contributed by atoms with Gasteiger partial charge < -0.3 is 16.8 Å². The summed E-state index contributed by atoms with van der Waals surface area (Å²) in [5.74, 6) is -0.466. The first kappa shape index (κ1) is 13.4. The van der Waals surface area contributed by atoms with Crippen molar-refractivity contribution in [3.63, 3.8) is 0 Å². The van der Waals surface area contributed by atoms with Crippen molar-refractivity contribution in [1.82, 2.24) is 0 Å². The van der Waals surface area contributed by atoms with Gasteiger partial charge in [-0.2, -0.15) is 0 Å². The van der Waals surface area contributed by atoms with Gasteiger partial charge in [-0.3, -0.25) is 4.79 Å². The fourth-order valence-corrected chi connectivity index (χ4v) is 1.30. The van der Waals surface area contributed by atoms with E-state index in [2.05, 4.69) is 33.0 Å². The largest absolute Gasteiger partial charge is 0.397 e. The monoisotopic (exact) mass is 235 g/mol. The fraction of sp³-hybridized carbons (Fsp3) is 0.462. The molecule has 0 aliphatic heterocycles. The van der Waals surface area contributed by atoms with Gasteiger partial charge >= 0.3 is 0 Å². The summed E-state index contributed by atoms with van der Waals surface area (Å²) in [5, 5.41) is 3.34. The van der Waals surface area contributed by atoms with E-state index >= 15 is 0 Å². The van der Waals surface area contributed by atoms with Crippen LogP contribution in [0.15, 0.2) is 18.2 Å². The molecule has 4 nitrogen and oxygen atoms in total. The normalized spacial score (nSPS) is 13.2. The quantitative estimate of drug-likeness (QED) is 0.703. The number of amides is 1. The topological polar surface area (TPSA) is 81.1 Å². The molecule has 0 aliphatic carbocycles. The Bertz CT molecular complexity index is 421. The minimum absolute atomic E-state index is 0.134. The fourth-order valence-electron chi connectivity index (χ4n) is 1.30. The number of nitrogens with two attached hydrogens (primary N) is 2. The summed E-state index contributed by atoms with van der Waals surface area (Å²) in [4.78, 5) is 11.0. The summed E-state index contributed by atoms with van der Waals surface area (Å²) in [6, 6.07) is 5.33.